The average molecular weight is 264 g/mol. The minimum atomic E-state index is -0.741. The van der Waals surface area contributed by atoms with E-state index in [1.807, 2.05) is 6.92 Å². The van der Waals surface area contributed by atoms with E-state index in [2.05, 4.69) is 4.90 Å². The number of nitro groups is 1. The maximum atomic E-state index is 11.0. The van der Waals surface area contributed by atoms with E-state index in [0.29, 0.717) is 19.4 Å². The van der Waals surface area contributed by atoms with Crippen LogP contribution in [0.3, 0.4) is 0 Å². The number of nitrogens with zero attached hydrogens (tertiary/aromatic N) is 2. The number of rotatable bonds is 3. The number of hydrogen-bond acceptors (Lipinski definition) is 4. The van der Waals surface area contributed by atoms with Crippen molar-refractivity contribution in [2.75, 3.05) is 11.4 Å². The minimum Gasteiger partial charge on any atom is -0.481 e. The second-order valence-electron chi connectivity index (χ2n) is 4.88. The number of aliphatic carboxylic acids is 1. The van der Waals surface area contributed by atoms with Gasteiger partial charge >= 0.3 is 5.97 Å². The molecule has 1 aromatic rings. The molecule has 6 nitrogen and oxygen atoms in total. The van der Waals surface area contributed by atoms with Gasteiger partial charge in [-0.15, -0.1) is 0 Å². The molecule has 2 rings (SSSR count). The zero-order chi connectivity index (χ0) is 14.0. The Bertz CT molecular complexity index is 486. The third kappa shape index (κ3) is 2.83. The molecule has 0 amide bonds. The van der Waals surface area contributed by atoms with Crippen LogP contribution in [0.2, 0.25) is 0 Å². The van der Waals surface area contributed by atoms with E-state index in [0.717, 1.165) is 5.69 Å². The van der Waals surface area contributed by atoms with Crippen LogP contribution in [0.25, 0.3) is 0 Å². The van der Waals surface area contributed by atoms with E-state index in [4.69, 9.17) is 5.11 Å². The van der Waals surface area contributed by atoms with Gasteiger partial charge in [0.25, 0.3) is 5.69 Å². The molecule has 0 saturated carbocycles. The summed E-state index contributed by atoms with van der Waals surface area (Å²) in [5.74, 6) is -1.03. The van der Waals surface area contributed by atoms with Gasteiger partial charge in [0.15, 0.2) is 0 Å². The Hall–Kier alpha value is -2.11. The van der Waals surface area contributed by atoms with E-state index in [-0.39, 0.29) is 17.6 Å². The molecule has 2 unspecified atom stereocenters. The topological polar surface area (TPSA) is 83.7 Å². The smallest absolute Gasteiger partial charge is 0.306 e. The standard InChI is InChI=1S/C13H16N2O4/c1-9-8-10(13(16)17)6-7-14(9)11-2-4-12(5-3-11)15(18)19/h2-5,9-10H,6-8H2,1H3,(H,16,17). The number of carboxylic acid groups (broad SMARTS) is 1. The van der Waals surface area contributed by atoms with Crippen molar-refractivity contribution in [2.24, 2.45) is 5.92 Å². The van der Waals surface area contributed by atoms with Gasteiger partial charge in [-0.1, -0.05) is 0 Å². The predicted octanol–water partition coefficient (Wildman–Crippen LogP) is 2.28. The fourth-order valence-electron chi connectivity index (χ4n) is 2.55. The molecule has 0 bridgehead atoms. The quantitative estimate of drug-likeness (QED) is 0.668. The van der Waals surface area contributed by atoms with Gasteiger partial charge in [-0.3, -0.25) is 14.9 Å². The van der Waals surface area contributed by atoms with Crippen LogP contribution in [0.1, 0.15) is 19.8 Å². The van der Waals surface area contributed by atoms with Gasteiger partial charge in [0.05, 0.1) is 10.8 Å². The van der Waals surface area contributed by atoms with Gasteiger partial charge in [-0.2, -0.15) is 0 Å². The third-order valence-corrected chi connectivity index (χ3v) is 3.62. The van der Waals surface area contributed by atoms with Gasteiger partial charge in [-0.05, 0) is 31.9 Å². The Morgan fingerprint density at radius 2 is 2.05 bits per heavy atom. The van der Waals surface area contributed by atoms with E-state index in [1.165, 1.54) is 12.1 Å². The molecule has 1 N–H and O–H groups in total. The molecule has 6 heteroatoms. The van der Waals surface area contributed by atoms with Gasteiger partial charge in [0.2, 0.25) is 0 Å². The number of carboxylic acids is 1. The maximum absolute atomic E-state index is 11.0. The lowest BCUT2D eigenvalue weighted by Crippen LogP contribution is -2.42. The number of anilines is 1. The molecule has 1 fully saturated rings. The highest BCUT2D eigenvalue weighted by atomic mass is 16.6. The maximum Gasteiger partial charge on any atom is 0.306 e. The third-order valence-electron chi connectivity index (χ3n) is 3.62. The molecule has 0 aliphatic carbocycles. The summed E-state index contributed by atoms with van der Waals surface area (Å²) in [5, 5.41) is 19.6. The fourth-order valence-corrected chi connectivity index (χ4v) is 2.55. The highest BCUT2D eigenvalue weighted by Crippen LogP contribution is 2.29. The summed E-state index contributed by atoms with van der Waals surface area (Å²) in [4.78, 5) is 23.2. The molecule has 0 spiro atoms. The van der Waals surface area contributed by atoms with Crippen molar-refractivity contribution in [2.45, 2.75) is 25.8 Å². The van der Waals surface area contributed by atoms with Gasteiger partial charge in [0.1, 0.15) is 0 Å². The number of nitro benzene ring substituents is 1. The summed E-state index contributed by atoms with van der Waals surface area (Å²) in [6.07, 6.45) is 1.21. The first kappa shape index (κ1) is 13.3. The Kier molecular flexibility index (Phi) is 3.69. The van der Waals surface area contributed by atoms with Crippen molar-refractivity contribution in [3.05, 3.63) is 34.4 Å². The Balaban J connectivity index is 2.10. The van der Waals surface area contributed by atoms with Gasteiger partial charge < -0.3 is 10.0 Å². The lowest BCUT2D eigenvalue weighted by molar-refractivity contribution is -0.384. The molecule has 19 heavy (non-hydrogen) atoms. The van der Waals surface area contributed by atoms with Crippen LogP contribution in [-0.2, 0) is 4.79 Å². The monoisotopic (exact) mass is 264 g/mol. The second-order valence-corrected chi connectivity index (χ2v) is 4.88. The number of non-ortho nitro benzene ring substituents is 1. The molecule has 1 aliphatic heterocycles. The molecule has 2 atom stereocenters. The summed E-state index contributed by atoms with van der Waals surface area (Å²) in [6.45, 7) is 2.65. The molecule has 102 valence electrons. The van der Waals surface area contributed by atoms with Crippen LogP contribution in [0.5, 0.6) is 0 Å². The lowest BCUT2D eigenvalue weighted by Gasteiger charge is -2.38. The van der Waals surface area contributed by atoms with E-state index < -0.39 is 10.9 Å². The van der Waals surface area contributed by atoms with Crippen LogP contribution in [0.15, 0.2) is 24.3 Å². The first-order valence-corrected chi connectivity index (χ1v) is 6.23. The zero-order valence-corrected chi connectivity index (χ0v) is 10.7. The van der Waals surface area contributed by atoms with Crippen LogP contribution in [-0.4, -0.2) is 28.6 Å². The predicted molar refractivity (Wildman–Crippen MR) is 70.3 cm³/mol. The van der Waals surface area contributed by atoms with Crippen LogP contribution >= 0.6 is 0 Å². The van der Waals surface area contributed by atoms with Gasteiger partial charge in [0, 0.05) is 30.4 Å². The largest absolute Gasteiger partial charge is 0.481 e. The highest BCUT2D eigenvalue weighted by Gasteiger charge is 2.29. The molecule has 1 aromatic carbocycles. The first-order valence-electron chi connectivity index (χ1n) is 6.23. The van der Waals surface area contributed by atoms with Crippen molar-refractivity contribution in [3.8, 4) is 0 Å². The Morgan fingerprint density at radius 1 is 1.42 bits per heavy atom. The molecular weight excluding hydrogens is 248 g/mol. The molecule has 1 aliphatic rings. The van der Waals surface area contributed by atoms with Crippen LogP contribution < -0.4 is 4.90 Å². The molecular formula is C13H16N2O4. The van der Waals surface area contributed by atoms with Crippen molar-refractivity contribution >= 4 is 17.3 Å². The zero-order valence-electron chi connectivity index (χ0n) is 10.7. The SMILES string of the molecule is CC1CC(C(=O)O)CCN1c1ccc([N+](=O)[O-])cc1. The van der Waals surface area contributed by atoms with Crippen molar-refractivity contribution < 1.29 is 14.8 Å². The highest BCUT2D eigenvalue weighted by molar-refractivity contribution is 5.70. The lowest BCUT2D eigenvalue weighted by atomic mass is 9.91. The van der Waals surface area contributed by atoms with Crippen molar-refractivity contribution in [3.63, 3.8) is 0 Å². The van der Waals surface area contributed by atoms with E-state index in [9.17, 15) is 14.9 Å². The normalized spacial score (nSPS) is 23.1. The van der Waals surface area contributed by atoms with Crippen LogP contribution in [0, 0.1) is 16.0 Å². The summed E-state index contributed by atoms with van der Waals surface area (Å²) in [5.41, 5.74) is 0.971. The Morgan fingerprint density at radius 3 is 2.53 bits per heavy atom. The summed E-state index contributed by atoms with van der Waals surface area (Å²) < 4.78 is 0. The van der Waals surface area contributed by atoms with Crippen molar-refractivity contribution in [1.82, 2.24) is 0 Å². The first-order chi connectivity index (χ1) is 8.99. The number of hydrogen-bond donors (Lipinski definition) is 1. The Labute approximate surface area is 110 Å². The average Bonchev–Trinajstić information content (AvgIpc) is 2.38. The number of benzene rings is 1. The molecule has 0 radical (unpaired) electrons. The summed E-state index contributed by atoms with van der Waals surface area (Å²) >= 11 is 0. The molecule has 1 heterocycles. The molecule has 0 aromatic heterocycles. The summed E-state index contributed by atoms with van der Waals surface area (Å²) in [6, 6.07) is 6.51. The second kappa shape index (κ2) is 5.26. The van der Waals surface area contributed by atoms with Crippen molar-refractivity contribution in [1.29, 1.82) is 0 Å². The van der Waals surface area contributed by atoms with E-state index >= 15 is 0 Å². The van der Waals surface area contributed by atoms with E-state index in [1.54, 1.807) is 12.1 Å². The minimum absolute atomic E-state index is 0.0665. The summed E-state index contributed by atoms with van der Waals surface area (Å²) in [7, 11) is 0. The number of piperidine rings is 1. The number of carbonyl (C=O) groups is 1. The van der Waals surface area contributed by atoms with Crippen LogP contribution in [0.4, 0.5) is 11.4 Å². The molecule has 1 saturated heterocycles. The fraction of sp³-hybridized carbons (Fsp3) is 0.462. The van der Waals surface area contributed by atoms with Gasteiger partial charge in [-0.25, -0.2) is 0 Å².